The van der Waals surface area contributed by atoms with Crippen molar-refractivity contribution in [1.82, 2.24) is 19.8 Å². The number of imidazole rings is 1. The molecule has 1 aromatic heterocycles. The number of benzene rings is 1. The molecule has 1 saturated heterocycles. The number of halogens is 2. The van der Waals surface area contributed by atoms with Gasteiger partial charge in [0, 0.05) is 45.1 Å². The van der Waals surface area contributed by atoms with E-state index in [4.69, 9.17) is 4.74 Å². The molecule has 2 aromatic rings. The highest BCUT2D eigenvalue weighted by Crippen LogP contribution is 2.25. The first kappa shape index (κ1) is 18.2. The number of piperazine rings is 1. The highest BCUT2D eigenvalue weighted by Gasteiger charge is 2.32. The van der Waals surface area contributed by atoms with E-state index in [2.05, 4.69) is 10.3 Å². The molecular formula is C16H20ClFN4O2. The van der Waals surface area contributed by atoms with Crippen LogP contribution in [0.2, 0.25) is 0 Å². The van der Waals surface area contributed by atoms with E-state index in [0.29, 0.717) is 25.4 Å². The molecule has 1 fully saturated rings. The molecule has 2 heterocycles. The maximum absolute atomic E-state index is 14.2. The van der Waals surface area contributed by atoms with Gasteiger partial charge >= 0.3 is 0 Å². The summed E-state index contributed by atoms with van der Waals surface area (Å²) >= 11 is 0. The Hall–Kier alpha value is -2.12. The van der Waals surface area contributed by atoms with Crippen molar-refractivity contribution in [3.63, 3.8) is 0 Å². The van der Waals surface area contributed by atoms with Crippen molar-refractivity contribution < 1.29 is 13.9 Å². The smallest absolute Gasteiger partial charge is 0.257 e. The van der Waals surface area contributed by atoms with E-state index in [0.717, 1.165) is 5.82 Å². The number of hydrogen-bond acceptors (Lipinski definition) is 4. The van der Waals surface area contributed by atoms with Gasteiger partial charge in [-0.25, -0.2) is 9.37 Å². The van der Waals surface area contributed by atoms with Gasteiger partial charge in [-0.3, -0.25) is 4.79 Å². The molecule has 0 bridgehead atoms. The number of carbonyl (C=O) groups is 1. The zero-order valence-electron chi connectivity index (χ0n) is 13.5. The third kappa shape index (κ3) is 3.37. The molecule has 8 heteroatoms. The number of nitrogens with zero attached hydrogens (tertiary/aromatic N) is 3. The van der Waals surface area contributed by atoms with Gasteiger partial charge in [0.25, 0.3) is 5.91 Å². The zero-order chi connectivity index (χ0) is 16.4. The van der Waals surface area contributed by atoms with Crippen LogP contribution in [-0.2, 0) is 7.05 Å². The number of hydrogen-bond donors (Lipinski definition) is 1. The molecule has 1 atom stereocenters. The number of rotatable bonds is 3. The fourth-order valence-electron chi connectivity index (χ4n) is 2.83. The lowest BCUT2D eigenvalue weighted by atomic mass is 10.1. The van der Waals surface area contributed by atoms with E-state index in [-0.39, 0.29) is 29.9 Å². The minimum atomic E-state index is -0.577. The van der Waals surface area contributed by atoms with Crippen LogP contribution in [0, 0.1) is 5.82 Å². The van der Waals surface area contributed by atoms with Gasteiger partial charge in [0.1, 0.15) is 23.4 Å². The van der Waals surface area contributed by atoms with E-state index >= 15 is 0 Å². The summed E-state index contributed by atoms with van der Waals surface area (Å²) in [6.45, 7) is 1.76. The normalized spacial score (nSPS) is 17.3. The molecule has 0 spiro atoms. The lowest BCUT2D eigenvalue weighted by molar-refractivity contribution is 0.0616. The quantitative estimate of drug-likeness (QED) is 0.912. The first-order chi connectivity index (χ1) is 11.1. The average molecular weight is 355 g/mol. The summed E-state index contributed by atoms with van der Waals surface area (Å²) in [5.41, 5.74) is 0.0481. The van der Waals surface area contributed by atoms with E-state index < -0.39 is 5.82 Å². The number of nitrogens with one attached hydrogen (secondary N) is 1. The molecule has 0 aliphatic carbocycles. The van der Waals surface area contributed by atoms with Crippen LogP contribution in [0.5, 0.6) is 5.75 Å². The predicted molar refractivity (Wildman–Crippen MR) is 90.1 cm³/mol. The summed E-state index contributed by atoms with van der Waals surface area (Å²) in [5.74, 6) is 0.255. The van der Waals surface area contributed by atoms with Gasteiger partial charge < -0.3 is 19.5 Å². The van der Waals surface area contributed by atoms with E-state index in [1.165, 1.54) is 19.2 Å². The molecule has 1 N–H and O–H groups in total. The minimum Gasteiger partial charge on any atom is -0.497 e. The Bertz CT molecular complexity index is 722. The van der Waals surface area contributed by atoms with Crippen LogP contribution in [0.15, 0.2) is 30.6 Å². The first-order valence-corrected chi connectivity index (χ1v) is 7.44. The molecule has 0 radical (unpaired) electrons. The molecule has 1 unspecified atom stereocenters. The lowest BCUT2D eigenvalue weighted by Crippen LogP contribution is -2.49. The maximum Gasteiger partial charge on any atom is 0.257 e. The fourth-order valence-corrected chi connectivity index (χ4v) is 2.83. The van der Waals surface area contributed by atoms with Gasteiger partial charge in [-0.2, -0.15) is 0 Å². The largest absolute Gasteiger partial charge is 0.497 e. The van der Waals surface area contributed by atoms with Crippen molar-refractivity contribution in [3.05, 3.63) is 47.8 Å². The van der Waals surface area contributed by atoms with E-state index in [1.54, 1.807) is 17.2 Å². The lowest BCUT2D eigenvalue weighted by Gasteiger charge is -2.35. The Kier molecular flexibility index (Phi) is 5.80. The third-order valence-corrected chi connectivity index (χ3v) is 4.07. The highest BCUT2D eigenvalue weighted by atomic mass is 35.5. The topological polar surface area (TPSA) is 59.4 Å². The first-order valence-electron chi connectivity index (χ1n) is 7.44. The van der Waals surface area contributed by atoms with Crippen LogP contribution in [0.25, 0.3) is 0 Å². The maximum atomic E-state index is 14.2. The van der Waals surface area contributed by atoms with Crippen molar-refractivity contribution in [3.8, 4) is 5.75 Å². The molecule has 1 aromatic carbocycles. The summed E-state index contributed by atoms with van der Waals surface area (Å²) in [5, 5.41) is 3.26. The number of amides is 1. The van der Waals surface area contributed by atoms with Gasteiger partial charge in [0.15, 0.2) is 0 Å². The molecule has 0 saturated carbocycles. The SMILES string of the molecule is COc1ccc(C(=O)N2CCNCC2c2nccn2C)c(F)c1.Cl. The molecule has 130 valence electrons. The standard InChI is InChI=1S/C16H19FN4O2.ClH/c1-20-7-6-19-15(20)14-10-18-5-8-21(14)16(22)12-4-3-11(23-2)9-13(12)17;/h3-4,6-7,9,14,18H,5,8,10H2,1-2H3;1H. The summed E-state index contributed by atoms with van der Waals surface area (Å²) in [4.78, 5) is 18.8. The monoisotopic (exact) mass is 354 g/mol. The van der Waals surface area contributed by atoms with Gasteiger partial charge in [0.2, 0.25) is 0 Å². The summed E-state index contributed by atoms with van der Waals surface area (Å²) < 4.78 is 21.1. The van der Waals surface area contributed by atoms with Crippen molar-refractivity contribution in [2.75, 3.05) is 26.7 Å². The van der Waals surface area contributed by atoms with Crippen LogP contribution in [0.1, 0.15) is 22.2 Å². The van der Waals surface area contributed by atoms with Crippen LogP contribution < -0.4 is 10.1 Å². The Labute approximate surface area is 146 Å². The second-order valence-corrected chi connectivity index (χ2v) is 5.46. The number of methoxy groups -OCH3 is 1. The van der Waals surface area contributed by atoms with Crippen LogP contribution in [-0.4, -0.2) is 47.1 Å². The summed E-state index contributed by atoms with van der Waals surface area (Å²) in [7, 11) is 3.34. The van der Waals surface area contributed by atoms with E-state index in [1.807, 2.05) is 17.8 Å². The zero-order valence-corrected chi connectivity index (χ0v) is 14.3. The second kappa shape index (κ2) is 7.63. The van der Waals surface area contributed by atoms with E-state index in [9.17, 15) is 9.18 Å². The van der Waals surface area contributed by atoms with Crippen LogP contribution in [0.4, 0.5) is 4.39 Å². The molecule has 1 aliphatic rings. The molecule has 6 nitrogen and oxygen atoms in total. The van der Waals surface area contributed by atoms with Crippen LogP contribution in [0.3, 0.4) is 0 Å². The highest BCUT2D eigenvalue weighted by molar-refractivity contribution is 5.95. The Morgan fingerprint density at radius 3 is 2.88 bits per heavy atom. The predicted octanol–water partition coefficient (Wildman–Crippen LogP) is 1.78. The second-order valence-electron chi connectivity index (χ2n) is 5.46. The summed E-state index contributed by atoms with van der Waals surface area (Å²) in [6.07, 6.45) is 3.53. The number of aromatic nitrogens is 2. The Morgan fingerprint density at radius 2 is 2.25 bits per heavy atom. The number of ether oxygens (including phenoxy) is 1. The van der Waals surface area contributed by atoms with Gasteiger partial charge in [0.05, 0.1) is 12.7 Å². The van der Waals surface area contributed by atoms with Crippen molar-refractivity contribution in [1.29, 1.82) is 0 Å². The minimum absolute atomic E-state index is 0. The molecule has 1 aliphatic heterocycles. The molecule has 24 heavy (non-hydrogen) atoms. The fraction of sp³-hybridized carbons (Fsp3) is 0.375. The number of carbonyl (C=O) groups excluding carboxylic acids is 1. The number of aryl methyl sites for hydroxylation is 1. The Morgan fingerprint density at radius 1 is 1.46 bits per heavy atom. The van der Waals surface area contributed by atoms with Gasteiger partial charge in [-0.1, -0.05) is 0 Å². The molecule has 1 amide bonds. The third-order valence-electron chi connectivity index (χ3n) is 4.07. The van der Waals surface area contributed by atoms with Crippen LogP contribution >= 0.6 is 12.4 Å². The summed E-state index contributed by atoms with van der Waals surface area (Å²) in [6, 6.07) is 4.06. The van der Waals surface area contributed by atoms with Gasteiger partial charge in [-0.05, 0) is 12.1 Å². The van der Waals surface area contributed by atoms with Crippen molar-refractivity contribution in [2.24, 2.45) is 7.05 Å². The van der Waals surface area contributed by atoms with Crippen molar-refractivity contribution >= 4 is 18.3 Å². The molecule has 3 rings (SSSR count). The molecular weight excluding hydrogens is 335 g/mol. The Balaban J connectivity index is 0.00000208. The average Bonchev–Trinajstić information content (AvgIpc) is 3.00. The van der Waals surface area contributed by atoms with Crippen molar-refractivity contribution in [2.45, 2.75) is 6.04 Å². The van der Waals surface area contributed by atoms with Gasteiger partial charge in [-0.15, -0.1) is 12.4 Å².